The number of hydrogen-bond acceptors (Lipinski definition) is 2. The van der Waals surface area contributed by atoms with Crippen LogP contribution in [0.1, 0.15) is 25.8 Å². The molecular weight excluding hydrogens is 257 g/mol. The van der Waals surface area contributed by atoms with Crippen molar-refractivity contribution in [2.45, 2.75) is 26.8 Å². The molecule has 4 heteroatoms. The standard InChI is InChI=1S/C13H19Cl2NO/c1-13(2,6-7-17)9-16-8-10-4-3-5-11(14)12(10)15/h3-5,16-17H,6-9H2,1-2H3. The van der Waals surface area contributed by atoms with E-state index in [2.05, 4.69) is 19.2 Å². The van der Waals surface area contributed by atoms with Gasteiger partial charge in [0.25, 0.3) is 0 Å². The molecule has 0 unspecified atom stereocenters. The third-order valence-electron chi connectivity index (χ3n) is 2.74. The summed E-state index contributed by atoms with van der Waals surface area (Å²) in [5.74, 6) is 0. The molecule has 0 aromatic heterocycles. The molecule has 0 aliphatic rings. The van der Waals surface area contributed by atoms with Gasteiger partial charge in [-0.2, -0.15) is 0 Å². The van der Waals surface area contributed by atoms with E-state index in [0.29, 0.717) is 16.6 Å². The van der Waals surface area contributed by atoms with E-state index < -0.39 is 0 Å². The van der Waals surface area contributed by atoms with Gasteiger partial charge in [-0.3, -0.25) is 0 Å². The van der Waals surface area contributed by atoms with Gasteiger partial charge >= 0.3 is 0 Å². The largest absolute Gasteiger partial charge is 0.396 e. The molecule has 0 amide bonds. The summed E-state index contributed by atoms with van der Waals surface area (Å²) in [6.07, 6.45) is 0.781. The van der Waals surface area contributed by atoms with Gasteiger partial charge in [-0.1, -0.05) is 49.2 Å². The maximum Gasteiger partial charge on any atom is 0.0637 e. The first kappa shape index (κ1) is 14.8. The van der Waals surface area contributed by atoms with Gasteiger partial charge in [-0.15, -0.1) is 0 Å². The number of aliphatic hydroxyl groups excluding tert-OH is 1. The predicted molar refractivity (Wildman–Crippen MR) is 73.7 cm³/mol. The molecule has 0 aliphatic heterocycles. The second-order valence-corrected chi connectivity index (χ2v) is 5.74. The molecule has 0 spiro atoms. The number of nitrogens with one attached hydrogen (secondary N) is 1. The van der Waals surface area contributed by atoms with E-state index in [4.69, 9.17) is 28.3 Å². The van der Waals surface area contributed by atoms with E-state index >= 15 is 0 Å². The molecule has 0 saturated carbocycles. The summed E-state index contributed by atoms with van der Waals surface area (Å²) in [6.45, 7) is 5.98. The molecule has 0 heterocycles. The Morgan fingerprint density at radius 2 is 2.00 bits per heavy atom. The zero-order valence-corrected chi connectivity index (χ0v) is 11.8. The van der Waals surface area contributed by atoms with Crippen molar-refractivity contribution < 1.29 is 5.11 Å². The van der Waals surface area contributed by atoms with Gasteiger partial charge in [0.15, 0.2) is 0 Å². The SMILES string of the molecule is CC(C)(CCO)CNCc1cccc(Cl)c1Cl. The lowest BCUT2D eigenvalue weighted by molar-refractivity contribution is 0.207. The van der Waals surface area contributed by atoms with E-state index in [-0.39, 0.29) is 12.0 Å². The van der Waals surface area contributed by atoms with E-state index in [0.717, 1.165) is 18.5 Å². The first-order valence-corrected chi connectivity index (χ1v) is 6.46. The Balaban J connectivity index is 2.49. The van der Waals surface area contributed by atoms with Crippen LogP contribution in [-0.4, -0.2) is 18.3 Å². The summed E-state index contributed by atoms with van der Waals surface area (Å²) in [5.41, 5.74) is 1.08. The van der Waals surface area contributed by atoms with Crippen molar-refractivity contribution in [3.05, 3.63) is 33.8 Å². The Hall–Kier alpha value is -0.280. The fourth-order valence-electron chi connectivity index (χ4n) is 1.61. The Labute approximate surface area is 113 Å². The van der Waals surface area contributed by atoms with Gasteiger partial charge in [-0.05, 0) is 23.5 Å². The summed E-state index contributed by atoms with van der Waals surface area (Å²) in [5, 5.41) is 13.5. The van der Waals surface area contributed by atoms with Crippen LogP contribution >= 0.6 is 23.2 Å². The van der Waals surface area contributed by atoms with Crippen LogP contribution in [0.3, 0.4) is 0 Å². The third-order valence-corrected chi connectivity index (χ3v) is 3.60. The first-order valence-electron chi connectivity index (χ1n) is 5.71. The normalized spacial score (nSPS) is 11.8. The summed E-state index contributed by atoms with van der Waals surface area (Å²) in [6, 6.07) is 5.63. The highest BCUT2D eigenvalue weighted by atomic mass is 35.5. The Morgan fingerprint density at radius 1 is 1.29 bits per heavy atom. The second kappa shape index (κ2) is 6.60. The van der Waals surface area contributed by atoms with Crippen molar-refractivity contribution in [2.75, 3.05) is 13.2 Å². The molecule has 0 atom stereocenters. The maximum atomic E-state index is 8.93. The smallest absolute Gasteiger partial charge is 0.0637 e. The van der Waals surface area contributed by atoms with Gasteiger partial charge in [0.1, 0.15) is 0 Å². The van der Waals surface area contributed by atoms with Crippen LogP contribution in [0.5, 0.6) is 0 Å². The fraction of sp³-hybridized carbons (Fsp3) is 0.538. The van der Waals surface area contributed by atoms with Crippen LogP contribution < -0.4 is 5.32 Å². The van der Waals surface area contributed by atoms with Gasteiger partial charge in [0.2, 0.25) is 0 Å². The fourth-order valence-corrected chi connectivity index (χ4v) is 2.00. The van der Waals surface area contributed by atoms with Crippen molar-refractivity contribution in [3.8, 4) is 0 Å². The van der Waals surface area contributed by atoms with Gasteiger partial charge < -0.3 is 10.4 Å². The first-order chi connectivity index (χ1) is 7.96. The van der Waals surface area contributed by atoms with Gasteiger partial charge in [-0.25, -0.2) is 0 Å². The molecule has 0 radical (unpaired) electrons. The van der Waals surface area contributed by atoms with Crippen LogP contribution in [0.15, 0.2) is 18.2 Å². The molecule has 2 N–H and O–H groups in total. The Kier molecular flexibility index (Phi) is 5.74. The van der Waals surface area contributed by atoms with E-state index in [1.165, 1.54) is 0 Å². The van der Waals surface area contributed by atoms with E-state index in [1.807, 2.05) is 12.1 Å². The molecule has 0 bridgehead atoms. The van der Waals surface area contributed by atoms with Crippen LogP contribution in [-0.2, 0) is 6.54 Å². The highest BCUT2D eigenvalue weighted by Crippen LogP contribution is 2.25. The molecule has 17 heavy (non-hydrogen) atoms. The lowest BCUT2D eigenvalue weighted by atomic mass is 9.90. The highest BCUT2D eigenvalue weighted by Gasteiger charge is 2.16. The van der Waals surface area contributed by atoms with Crippen LogP contribution in [0.2, 0.25) is 10.0 Å². The Morgan fingerprint density at radius 3 is 2.65 bits per heavy atom. The maximum absolute atomic E-state index is 8.93. The van der Waals surface area contributed by atoms with Crippen LogP contribution in [0, 0.1) is 5.41 Å². The van der Waals surface area contributed by atoms with Gasteiger partial charge in [0, 0.05) is 19.7 Å². The van der Waals surface area contributed by atoms with Crippen LogP contribution in [0.25, 0.3) is 0 Å². The molecule has 2 nitrogen and oxygen atoms in total. The number of rotatable bonds is 6. The minimum absolute atomic E-state index is 0.0831. The van der Waals surface area contributed by atoms with Crippen molar-refractivity contribution in [1.29, 1.82) is 0 Å². The van der Waals surface area contributed by atoms with Gasteiger partial charge in [0.05, 0.1) is 10.0 Å². The summed E-state index contributed by atoms with van der Waals surface area (Å²) >= 11 is 12.0. The molecule has 1 rings (SSSR count). The second-order valence-electron chi connectivity index (χ2n) is 4.95. The molecule has 1 aromatic rings. The molecule has 0 saturated heterocycles. The van der Waals surface area contributed by atoms with Crippen molar-refractivity contribution in [2.24, 2.45) is 5.41 Å². The molecule has 0 aliphatic carbocycles. The lowest BCUT2D eigenvalue weighted by Crippen LogP contribution is -2.29. The van der Waals surface area contributed by atoms with Crippen molar-refractivity contribution >= 4 is 23.2 Å². The molecule has 0 fully saturated rings. The van der Waals surface area contributed by atoms with Crippen LogP contribution in [0.4, 0.5) is 0 Å². The quantitative estimate of drug-likeness (QED) is 0.833. The lowest BCUT2D eigenvalue weighted by Gasteiger charge is -2.24. The average molecular weight is 276 g/mol. The summed E-state index contributed by atoms with van der Waals surface area (Å²) in [7, 11) is 0. The summed E-state index contributed by atoms with van der Waals surface area (Å²) in [4.78, 5) is 0. The van der Waals surface area contributed by atoms with Crippen molar-refractivity contribution in [1.82, 2.24) is 5.32 Å². The number of hydrogen-bond donors (Lipinski definition) is 2. The average Bonchev–Trinajstić information content (AvgIpc) is 2.24. The summed E-state index contributed by atoms with van der Waals surface area (Å²) < 4.78 is 0. The number of halogens is 2. The monoisotopic (exact) mass is 275 g/mol. The van der Waals surface area contributed by atoms with Crippen molar-refractivity contribution in [3.63, 3.8) is 0 Å². The number of aliphatic hydroxyl groups is 1. The minimum Gasteiger partial charge on any atom is -0.396 e. The highest BCUT2D eigenvalue weighted by molar-refractivity contribution is 6.42. The molecular formula is C13H19Cl2NO. The zero-order valence-electron chi connectivity index (χ0n) is 10.3. The third kappa shape index (κ3) is 4.84. The van der Waals surface area contributed by atoms with E-state index in [1.54, 1.807) is 6.07 Å². The Bertz CT molecular complexity index is 366. The zero-order chi connectivity index (χ0) is 12.9. The topological polar surface area (TPSA) is 32.3 Å². The van der Waals surface area contributed by atoms with E-state index in [9.17, 15) is 0 Å². The predicted octanol–water partition coefficient (Wildman–Crippen LogP) is 3.49. The minimum atomic E-state index is 0.0831. The molecule has 1 aromatic carbocycles. The molecule has 96 valence electrons. The number of benzene rings is 1.